The Morgan fingerprint density at radius 2 is 1.94 bits per heavy atom. The summed E-state index contributed by atoms with van der Waals surface area (Å²) in [6.45, 7) is 5.63. The molecular formula is C23H28F3N4OS+. The number of rotatable bonds is 5. The molecule has 0 spiro atoms. The van der Waals surface area contributed by atoms with E-state index in [0.29, 0.717) is 31.8 Å². The van der Waals surface area contributed by atoms with Gasteiger partial charge in [0.2, 0.25) is 5.75 Å². The molecule has 0 bridgehead atoms. The van der Waals surface area contributed by atoms with E-state index in [4.69, 9.17) is 0 Å². The Balaban J connectivity index is 1.53. The van der Waals surface area contributed by atoms with Gasteiger partial charge in [0.05, 0.1) is 0 Å². The van der Waals surface area contributed by atoms with Crippen LogP contribution in [0.2, 0.25) is 0 Å². The molecular weight excluding hydrogens is 437 g/mol. The van der Waals surface area contributed by atoms with Crippen LogP contribution in [0.15, 0.2) is 35.5 Å². The lowest BCUT2D eigenvalue weighted by Gasteiger charge is -2.30. The summed E-state index contributed by atoms with van der Waals surface area (Å²) in [6.07, 6.45) is 0.651. The fourth-order valence-electron chi connectivity index (χ4n) is 4.26. The molecule has 2 unspecified atom stereocenters. The lowest BCUT2D eigenvalue weighted by atomic mass is 9.89. The van der Waals surface area contributed by atoms with Crippen LogP contribution in [-0.2, 0) is 15.2 Å². The largest absolute Gasteiger partial charge is 0.434 e. The molecule has 1 aromatic heterocycles. The molecule has 1 N–H and O–H groups in total. The van der Waals surface area contributed by atoms with Gasteiger partial charge in [-0.05, 0) is 49.1 Å². The van der Waals surface area contributed by atoms with Crippen molar-refractivity contribution in [2.24, 2.45) is 4.99 Å². The van der Waals surface area contributed by atoms with Crippen LogP contribution in [0.3, 0.4) is 0 Å². The van der Waals surface area contributed by atoms with Gasteiger partial charge < -0.3 is 5.32 Å². The minimum absolute atomic E-state index is 0.0988. The molecule has 1 fully saturated rings. The smallest absolute Gasteiger partial charge is 0.382 e. The number of aryl methyl sites for hydroxylation is 1. The highest BCUT2D eigenvalue weighted by atomic mass is 32.2. The quantitative estimate of drug-likeness (QED) is 0.517. The van der Waals surface area contributed by atoms with Gasteiger partial charge in [0.25, 0.3) is 0 Å². The van der Waals surface area contributed by atoms with E-state index in [2.05, 4.69) is 40.4 Å². The molecule has 0 saturated carbocycles. The Hall–Kier alpha value is -2.26. The molecule has 0 radical (unpaired) electrons. The second-order valence-electron chi connectivity index (χ2n) is 8.61. The number of nitrogens with one attached hydrogen (secondary N) is 1. The van der Waals surface area contributed by atoms with Crippen molar-refractivity contribution in [3.05, 3.63) is 47.3 Å². The fourth-order valence-corrected chi connectivity index (χ4v) is 5.44. The van der Waals surface area contributed by atoms with Crippen LogP contribution in [0.5, 0.6) is 0 Å². The van der Waals surface area contributed by atoms with Gasteiger partial charge in [-0.3, -0.25) is 9.98 Å². The number of aromatic nitrogens is 1. The number of pyridine rings is 1. The first-order valence-corrected chi connectivity index (χ1v) is 12.2. The van der Waals surface area contributed by atoms with Crippen molar-refractivity contribution in [1.29, 1.82) is 0 Å². The summed E-state index contributed by atoms with van der Waals surface area (Å²) in [6, 6.07) is 8.45. The van der Waals surface area contributed by atoms with E-state index in [-0.39, 0.29) is 6.04 Å². The predicted molar refractivity (Wildman–Crippen MR) is 124 cm³/mol. The van der Waals surface area contributed by atoms with Gasteiger partial charge in [0.15, 0.2) is 11.0 Å². The number of hydrogen-bond donors (Lipinski definition) is 1. The second kappa shape index (κ2) is 9.31. The minimum atomic E-state index is -4.40. The van der Waals surface area contributed by atoms with E-state index in [9.17, 15) is 17.4 Å². The Morgan fingerprint density at radius 1 is 1.19 bits per heavy atom. The average molecular weight is 466 g/mol. The summed E-state index contributed by atoms with van der Waals surface area (Å²) in [5.74, 6) is -0.947. The normalized spacial score (nSPS) is 20.7. The van der Waals surface area contributed by atoms with E-state index in [1.807, 2.05) is 25.4 Å². The molecule has 32 heavy (non-hydrogen) atoms. The molecule has 2 aliphatic heterocycles. The fraction of sp³-hybridized carbons (Fsp3) is 0.478. The SMILES string of the molecule is Cc1ccc(-c2cc(NC3CCN([SH+](=O)CC(F)(F)F)CC3)c3c(c2)C(C)CN=C3)cn1. The molecule has 2 aromatic rings. The number of alkyl halides is 3. The van der Waals surface area contributed by atoms with Crippen LogP contribution in [0.4, 0.5) is 18.9 Å². The molecule has 9 heteroatoms. The third-order valence-electron chi connectivity index (χ3n) is 6.05. The van der Waals surface area contributed by atoms with Gasteiger partial charge in [-0.25, -0.2) is 0 Å². The number of aliphatic imine (C=N–C) groups is 1. The van der Waals surface area contributed by atoms with Crippen LogP contribution in [0, 0.1) is 6.92 Å². The zero-order valence-electron chi connectivity index (χ0n) is 18.2. The number of piperidine rings is 1. The highest BCUT2D eigenvalue weighted by molar-refractivity contribution is 7.82. The summed E-state index contributed by atoms with van der Waals surface area (Å²) in [5.41, 5.74) is 6.35. The molecule has 4 rings (SSSR count). The molecule has 1 aromatic carbocycles. The van der Waals surface area contributed by atoms with Crippen LogP contribution in [0.1, 0.15) is 42.5 Å². The molecule has 172 valence electrons. The third-order valence-corrected chi connectivity index (χ3v) is 7.71. The van der Waals surface area contributed by atoms with Gasteiger partial charge >= 0.3 is 6.18 Å². The van der Waals surface area contributed by atoms with E-state index < -0.39 is 22.9 Å². The maximum Gasteiger partial charge on any atom is 0.434 e. The maximum atomic E-state index is 12.6. The van der Waals surface area contributed by atoms with Crippen molar-refractivity contribution in [3.8, 4) is 11.1 Å². The van der Waals surface area contributed by atoms with Crippen molar-refractivity contribution in [1.82, 2.24) is 9.29 Å². The Labute approximate surface area is 188 Å². The van der Waals surface area contributed by atoms with Gasteiger partial charge in [-0.1, -0.05) is 17.2 Å². The molecule has 2 aliphatic rings. The molecule has 0 amide bonds. The monoisotopic (exact) mass is 465 g/mol. The number of nitrogens with zero attached hydrogens (tertiary/aromatic N) is 3. The highest BCUT2D eigenvalue weighted by Gasteiger charge is 2.38. The van der Waals surface area contributed by atoms with Crippen molar-refractivity contribution in [2.75, 3.05) is 30.7 Å². The number of thiol groups is 1. The van der Waals surface area contributed by atoms with Gasteiger partial charge in [-0.2, -0.15) is 13.2 Å². The van der Waals surface area contributed by atoms with Gasteiger partial charge in [0.1, 0.15) is 0 Å². The molecule has 5 nitrogen and oxygen atoms in total. The topological polar surface area (TPSA) is 57.6 Å². The van der Waals surface area contributed by atoms with Crippen molar-refractivity contribution >= 4 is 22.9 Å². The Bertz CT molecular complexity index is 1020. The van der Waals surface area contributed by atoms with E-state index in [0.717, 1.165) is 34.6 Å². The Kier molecular flexibility index (Phi) is 6.67. The van der Waals surface area contributed by atoms with Crippen molar-refractivity contribution in [3.63, 3.8) is 0 Å². The van der Waals surface area contributed by atoms with E-state index >= 15 is 0 Å². The van der Waals surface area contributed by atoms with Crippen molar-refractivity contribution < 1.29 is 17.4 Å². The highest BCUT2D eigenvalue weighted by Crippen LogP contribution is 2.35. The molecule has 1 saturated heterocycles. The van der Waals surface area contributed by atoms with Crippen LogP contribution >= 0.6 is 0 Å². The lowest BCUT2D eigenvalue weighted by molar-refractivity contribution is -0.106. The first kappa shape index (κ1) is 22.9. The maximum absolute atomic E-state index is 12.6. The Morgan fingerprint density at radius 3 is 2.59 bits per heavy atom. The first-order valence-electron chi connectivity index (χ1n) is 10.8. The predicted octanol–water partition coefficient (Wildman–Crippen LogP) is 4.64. The summed E-state index contributed by atoms with van der Waals surface area (Å²) in [7, 11) is -2.41. The van der Waals surface area contributed by atoms with E-state index in [1.54, 1.807) is 0 Å². The summed E-state index contributed by atoms with van der Waals surface area (Å²) in [4.78, 5) is 8.93. The third kappa shape index (κ3) is 5.38. The zero-order valence-corrected chi connectivity index (χ0v) is 19.1. The molecule has 3 heterocycles. The van der Waals surface area contributed by atoms with Crippen LogP contribution < -0.4 is 5.32 Å². The minimum Gasteiger partial charge on any atom is -0.382 e. The average Bonchev–Trinajstić information content (AvgIpc) is 2.74. The summed E-state index contributed by atoms with van der Waals surface area (Å²) >= 11 is 0. The van der Waals surface area contributed by atoms with E-state index in [1.165, 1.54) is 9.87 Å². The lowest BCUT2D eigenvalue weighted by Crippen LogP contribution is -2.42. The van der Waals surface area contributed by atoms with Crippen LogP contribution in [-0.4, -0.2) is 53.1 Å². The molecule has 2 atom stereocenters. The van der Waals surface area contributed by atoms with Crippen LogP contribution in [0.25, 0.3) is 11.1 Å². The number of benzene rings is 1. The zero-order chi connectivity index (χ0) is 22.9. The number of fused-ring (bicyclic) bond motifs is 1. The second-order valence-corrected chi connectivity index (χ2v) is 10.2. The van der Waals surface area contributed by atoms with Gasteiger partial charge in [0, 0.05) is 66.5 Å². The van der Waals surface area contributed by atoms with Gasteiger partial charge in [-0.15, -0.1) is 4.31 Å². The van der Waals surface area contributed by atoms with Crippen molar-refractivity contribution in [2.45, 2.75) is 44.8 Å². The summed E-state index contributed by atoms with van der Waals surface area (Å²) < 4.78 is 51.2. The number of anilines is 1. The number of halogens is 3. The number of hydrogen-bond acceptors (Lipinski definition) is 4. The summed E-state index contributed by atoms with van der Waals surface area (Å²) in [5, 5.41) is 3.60. The standard InChI is InChI=1S/C23H27F3N4OS/c1-15-11-27-13-21-20(15)9-18(17-4-3-16(2)28-12-17)10-22(21)29-19-5-7-30(8-6-19)32(31)14-23(24,25)26/h3-4,9-10,12-13,15,19,29H,5-8,11,14H2,1-2H3/p+1. The molecule has 0 aliphatic carbocycles. The first-order chi connectivity index (χ1) is 15.2.